The van der Waals surface area contributed by atoms with Crippen molar-refractivity contribution in [3.05, 3.63) is 45.7 Å². The number of benzene rings is 1. The standard InChI is InChI=1S/C14H17BrN2O/c1-4-17-13(7-11(3)16-17)9-18-14-8-12(15)6-5-10(14)2/h5-8H,4,9H2,1-3H3. The average Bonchev–Trinajstić information content (AvgIpc) is 2.71. The van der Waals surface area contributed by atoms with Gasteiger partial charge in [-0.05, 0) is 44.5 Å². The highest BCUT2D eigenvalue weighted by Crippen LogP contribution is 2.23. The molecule has 2 aromatic rings. The van der Waals surface area contributed by atoms with Crippen LogP contribution in [0.4, 0.5) is 0 Å². The summed E-state index contributed by atoms with van der Waals surface area (Å²) in [5, 5.41) is 4.41. The maximum absolute atomic E-state index is 5.87. The van der Waals surface area contributed by atoms with Crippen LogP contribution in [0.5, 0.6) is 5.75 Å². The number of aryl methyl sites for hydroxylation is 3. The van der Waals surface area contributed by atoms with Crippen molar-refractivity contribution >= 4 is 15.9 Å². The highest BCUT2D eigenvalue weighted by molar-refractivity contribution is 9.10. The molecule has 0 amide bonds. The Hall–Kier alpha value is -1.29. The summed E-state index contributed by atoms with van der Waals surface area (Å²) >= 11 is 3.46. The van der Waals surface area contributed by atoms with E-state index in [4.69, 9.17) is 4.74 Å². The minimum absolute atomic E-state index is 0.548. The van der Waals surface area contributed by atoms with Crippen molar-refractivity contribution in [3.63, 3.8) is 0 Å². The van der Waals surface area contributed by atoms with E-state index < -0.39 is 0 Å². The summed E-state index contributed by atoms with van der Waals surface area (Å²) in [5.41, 5.74) is 3.27. The molecule has 1 aromatic heterocycles. The van der Waals surface area contributed by atoms with Gasteiger partial charge in [0.25, 0.3) is 0 Å². The van der Waals surface area contributed by atoms with Crippen molar-refractivity contribution in [1.29, 1.82) is 0 Å². The number of aromatic nitrogens is 2. The third-order valence-electron chi connectivity index (χ3n) is 2.81. The topological polar surface area (TPSA) is 27.1 Å². The highest BCUT2D eigenvalue weighted by atomic mass is 79.9. The van der Waals surface area contributed by atoms with Crippen LogP contribution < -0.4 is 4.74 Å². The molecule has 0 aliphatic heterocycles. The number of nitrogens with zero attached hydrogens (tertiary/aromatic N) is 2. The second-order valence-corrected chi connectivity index (χ2v) is 5.21. The lowest BCUT2D eigenvalue weighted by Crippen LogP contribution is -2.06. The molecular weight excluding hydrogens is 292 g/mol. The first-order valence-electron chi connectivity index (χ1n) is 6.02. The minimum Gasteiger partial charge on any atom is -0.487 e. The van der Waals surface area contributed by atoms with E-state index in [9.17, 15) is 0 Å². The predicted molar refractivity (Wildman–Crippen MR) is 75.8 cm³/mol. The van der Waals surface area contributed by atoms with Crippen LogP contribution in [0.1, 0.15) is 23.9 Å². The zero-order valence-electron chi connectivity index (χ0n) is 10.9. The molecule has 0 fully saturated rings. The van der Waals surface area contributed by atoms with Gasteiger partial charge in [0.05, 0.1) is 11.4 Å². The largest absolute Gasteiger partial charge is 0.487 e. The van der Waals surface area contributed by atoms with Gasteiger partial charge >= 0.3 is 0 Å². The smallest absolute Gasteiger partial charge is 0.130 e. The molecule has 0 bridgehead atoms. The summed E-state index contributed by atoms with van der Waals surface area (Å²) < 4.78 is 8.87. The van der Waals surface area contributed by atoms with Crippen molar-refractivity contribution in [2.24, 2.45) is 0 Å². The molecule has 0 spiro atoms. The molecule has 0 unspecified atom stereocenters. The maximum atomic E-state index is 5.87. The average molecular weight is 309 g/mol. The number of halogens is 1. The first-order chi connectivity index (χ1) is 8.60. The minimum atomic E-state index is 0.548. The summed E-state index contributed by atoms with van der Waals surface area (Å²) in [6.07, 6.45) is 0. The Balaban J connectivity index is 2.13. The molecule has 4 heteroatoms. The van der Waals surface area contributed by atoms with Gasteiger partial charge in [-0.3, -0.25) is 4.68 Å². The summed E-state index contributed by atoms with van der Waals surface area (Å²) in [5.74, 6) is 0.908. The Morgan fingerprint density at radius 1 is 1.28 bits per heavy atom. The third-order valence-corrected chi connectivity index (χ3v) is 3.30. The summed E-state index contributed by atoms with van der Waals surface area (Å²) in [6.45, 7) is 7.54. The van der Waals surface area contributed by atoms with Crippen LogP contribution in [0.25, 0.3) is 0 Å². The van der Waals surface area contributed by atoms with Crippen molar-refractivity contribution in [2.75, 3.05) is 0 Å². The van der Waals surface area contributed by atoms with Gasteiger partial charge in [-0.2, -0.15) is 5.10 Å². The Morgan fingerprint density at radius 2 is 2.06 bits per heavy atom. The fourth-order valence-electron chi connectivity index (χ4n) is 1.87. The molecule has 2 rings (SSSR count). The lowest BCUT2D eigenvalue weighted by atomic mass is 10.2. The second kappa shape index (κ2) is 5.57. The maximum Gasteiger partial charge on any atom is 0.130 e. The van der Waals surface area contributed by atoms with Gasteiger partial charge in [0.2, 0.25) is 0 Å². The van der Waals surface area contributed by atoms with Crippen LogP contribution in [-0.2, 0) is 13.2 Å². The summed E-state index contributed by atoms with van der Waals surface area (Å²) in [4.78, 5) is 0. The SMILES string of the molecule is CCn1nc(C)cc1COc1cc(Br)ccc1C. The van der Waals surface area contributed by atoms with E-state index in [2.05, 4.69) is 34.0 Å². The number of hydrogen-bond donors (Lipinski definition) is 0. The van der Waals surface area contributed by atoms with Crippen LogP contribution in [0, 0.1) is 13.8 Å². The first-order valence-corrected chi connectivity index (χ1v) is 6.81. The first kappa shape index (κ1) is 13.1. The van der Waals surface area contributed by atoms with Gasteiger partial charge < -0.3 is 4.74 Å². The molecular formula is C14H17BrN2O. The molecule has 1 aromatic carbocycles. The zero-order chi connectivity index (χ0) is 13.1. The molecule has 1 heterocycles. The van der Waals surface area contributed by atoms with Gasteiger partial charge in [0.1, 0.15) is 12.4 Å². The number of hydrogen-bond acceptors (Lipinski definition) is 2. The van der Waals surface area contributed by atoms with Gasteiger partial charge in [0.15, 0.2) is 0 Å². The Bertz CT molecular complexity index is 549. The fraction of sp³-hybridized carbons (Fsp3) is 0.357. The molecule has 0 atom stereocenters. The molecule has 0 N–H and O–H groups in total. The Kier molecular flexibility index (Phi) is 4.07. The van der Waals surface area contributed by atoms with Gasteiger partial charge in [0, 0.05) is 11.0 Å². The normalized spacial score (nSPS) is 10.7. The van der Waals surface area contributed by atoms with Gasteiger partial charge in [-0.15, -0.1) is 0 Å². The molecule has 96 valence electrons. The van der Waals surface area contributed by atoms with Crippen LogP contribution in [0.3, 0.4) is 0 Å². The van der Waals surface area contributed by atoms with E-state index in [1.807, 2.05) is 36.7 Å². The van der Waals surface area contributed by atoms with E-state index in [-0.39, 0.29) is 0 Å². The van der Waals surface area contributed by atoms with Crippen molar-refractivity contribution < 1.29 is 4.74 Å². The lowest BCUT2D eigenvalue weighted by Gasteiger charge is -2.10. The second-order valence-electron chi connectivity index (χ2n) is 4.29. The predicted octanol–water partition coefficient (Wildman–Crippen LogP) is 3.86. The van der Waals surface area contributed by atoms with Crippen molar-refractivity contribution in [2.45, 2.75) is 33.9 Å². The van der Waals surface area contributed by atoms with E-state index >= 15 is 0 Å². The van der Waals surface area contributed by atoms with E-state index in [1.54, 1.807) is 0 Å². The number of rotatable bonds is 4. The summed E-state index contributed by atoms with van der Waals surface area (Å²) in [7, 11) is 0. The van der Waals surface area contributed by atoms with Gasteiger partial charge in [-0.1, -0.05) is 22.0 Å². The van der Waals surface area contributed by atoms with Crippen LogP contribution in [-0.4, -0.2) is 9.78 Å². The molecule has 18 heavy (non-hydrogen) atoms. The Labute approximate surface area is 116 Å². The molecule has 3 nitrogen and oxygen atoms in total. The number of ether oxygens (including phenoxy) is 1. The third kappa shape index (κ3) is 2.93. The molecule has 0 aliphatic carbocycles. The summed E-state index contributed by atoms with van der Waals surface area (Å²) in [6, 6.07) is 8.12. The zero-order valence-corrected chi connectivity index (χ0v) is 12.5. The van der Waals surface area contributed by atoms with Crippen LogP contribution >= 0.6 is 15.9 Å². The van der Waals surface area contributed by atoms with Crippen LogP contribution in [0.2, 0.25) is 0 Å². The fourth-order valence-corrected chi connectivity index (χ4v) is 2.21. The van der Waals surface area contributed by atoms with Crippen molar-refractivity contribution in [3.8, 4) is 5.75 Å². The highest BCUT2D eigenvalue weighted by Gasteiger charge is 2.06. The van der Waals surface area contributed by atoms with Crippen LogP contribution in [0.15, 0.2) is 28.7 Å². The molecule has 0 aliphatic rings. The molecule has 0 saturated carbocycles. The monoisotopic (exact) mass is 308 g/mol. The van der Waals surface area contributed by atoms with E-state index in [1.165, 1.54) is 0 Å². The lowest BCUT2D eigenvalue weighted by molar-refractivity contribution is 0.290. The molecule has 0 saturated heterocycles. The van der Waals surface area contributed by atoms with Crippen molar-refractivity contribution in [1.82, 2.24) is 9.78 Å². The van der Waals surface area contributed by atoms with E-state index in [0.717, 1.165) is 33.7 Å². The molecule has 0 radical (unpaired) electrons. The van der Waals surface area contributed by atoms with E-state index in [0.29, 0.717) is 6.61 Å². The van der Waals surface area contributed by atoms with Gasteiger partial charge in [-0.25, -0.2) is 0 Å². The quantitative estimate of drug-likeness (QED) is 0.857. The Morgan fingerprint density at radius 3 is 2.78 bits per heavy atom.